The Morgan fingerprint density at radius 3 is 2.50 bits per heavy atom. The Hall–Kier alpha value is -0.260. The maximum absolute atomic E-state index is 9.90. The van der Waals surface area contributed by atoms with E-state index in [0.29, 0.717) is 0 Å². The van der Waals surface area contributed by atoms with Crippen LogP contribution in [0.15, 0.2) is 0 Å². The third kappa shape index (κ3) is 2.84. The molecule has 1 atom stereocenters. The number of nitrogens with two attached hydrogens (primary N) is 2. The van der Waals surface area contributed by atoms with Gasteiger partial charge < -0.3 is 10.8 Å². The summed E-state index contributed by atoms with van der Waals surface area (Å²) in [6.07, 6.45) is 0. The smallest absolute Gasteiger partial charge is 0.321 e. The molecule has 1 unspecified atom stereocenters. The van der Waals surface area contributed by atoms with E-state index in [1.807, 2.05) is 0 Å². The second kappa shape index (κ2) is 3.71. The van der Waals surface area contributed by atoms with E-state index in [9.17, 15) is 4.79 Å². The lowest BCUT2D eigenvalue weighted by Crippen LogP contribution is -2.32. The molecule has 0 rings (SSSR count). The topological polar surface area (TPSA) is 89.3 Å². The van der Waals surface area contributed by atoms with Crippen LogP contribution in [0.4, 0.5) is 0 Å². The van der Waals surface area contributed by atoms with Gasteiger partial charge in [-0.15, -0.1) is 0 Å². The number of carboxylic acid groups (broad SMARTS) is 1. The predicted molar refractivity (Wildman–Crippen MR) is 32.3 cm³/mol. The summed E-state index contributed by atoms with van der Waals surface area (Å²) in [6.45, 7) is 0. The summed E-state index contributed by atoms with van der Waals surface area (Å²) >= 11 is 0.932. The molecule has 0 spiro atoms. The van der Waals surface area contributed by atoms with Gasteiger partial charge in [-0.25, -0.2) is 0 Å². The molecule has 8 heavy (non-hydrogen) atoms. The van der Waals surface area contributed by atoms with Gasteiger partial charge in [0.25, 0.3) is 0 Å². The molecule has 0 aliphatic carbocycles. The lowest BCUT2D eigenvalue weighted by atomic mass is 10.4. The second-order valence-corrected chi connectivity index (χ2v) is 1.94. The van der Waals surface area contributed by atoms with E-state index >= 15 is 0 Å². The van der Waals surface area contributed by atoms with Crippen molar-refractivity contribution in [1.29, 1.82) is 0 Å². The molecule has 0 aromatic carbocycles. The fourth-order valence-electron chi connectivity index (χ4n) is 0.175. The van der Waals surface area contributed by atoms with Gasteiger partial charge in [0.2, 0.25) is 0 Å². The maximum atomic E-state index is 9.90. The standard InChI is InChI=1S/C3H8N2O2S/c4-2(1-8-5)3(6)7/h2H,1,4-5H2,(H,6,7). The van der Waals surface area contributed by atoms with Crippen molar-refractivity contribution in [3.05, 3.63) is 0 Å². The highest BCUT2D eigenvalue weighted by atomic mass is 32.2. The number of carbonyl (C=O) groups is 1. The van der Waals surface area contributed by atoms with Crippen LogP contribution in [-0.4, -0.2) is 22.9 Å². The van der Waals surface area contributed by atoms with Gasteiger partial charge in [0.1, 0.15) is 6.04 Å². The lowest BCUT2D eigenvalue weighted by molar-refractivity contribution is -0.137. The third-order valence-electron chi connectivity index (χ3n) is 0.593. The first-order chi connectivity index (χ1) is 3.68. The van der Waals surface area contributed by atoms with Gasteiger partial charge in [-0.05, 0) is 0 Å². The van der Waals surface area contributed by atoms with Crippen molar-refractivity contribution in [2.24, 2.45) is 10.9 Å². The molecule has 0 aliphatic rings. The number of hydrogen-bond acceptors (Lipinski definition) is 4. The molecule has 4 nitrogen and oxygen atoms in total. The fourth-order valence-corrected chi connectivity index (χ4v) is 0.525. The number of hydrogen-bond donors (Lipinski definition) is 3. The first-order valence-corrected chi connectivity index (χ1v) is 3.03. The molecule has 5 N–H and O–H groups in total. The van der Waals surface area contributed by atoms with Crippen molar-refractivity contribution in [2.45, 2.75) is 6.04 Å². The quantitative estimate of drug-likeness (QED) is 0.433. The minimum atomic E-state index is -1.01. The number of carboxylic acids is 1. The zero-order chi connectivity index (χ0) is 6.57. The molecule has 0 aliphatic heterocycles. The van der Waals surface area contributed by atoms with E-state index in [0.717, 1.165) is 11.9 Å². The maximum Gasteiger partial charge on any atom is 0.321 e. The SMILES string of the molecule is NSCC(N)C(=O)O. The van der Waals surface area contributed by atoms with Crippen molar-refractivity contribution in [2.75, 3.05) is 5.75 Å². The van der Waals surface area contributed by atoms with Gasteiger partial charge in [0.05, 0.1) is 0 Å². The van der Waals surface area contributed by atoms with E-state index in [1.54, 1.807) is 0 Å². The molecule has 0 aromatic heterocycles. The zero-order valence-corrected chi connectivity index (χ0v) is 5.02. The highest BCUT2D eigenvalue weighted by molar-refractivity contribution is 7.97. The summed E-state index contributed by atoms with van der Waals surface area (Å²) < 4.78 is 0. The summed E-state index contributed by atoms with van der Waals surface area (Å²) in [6, 6.07) is -0.829. The van der Waals surface area contributed by atoms with Crippen molar-refractivity contribution < 1.29 is 9.90 Å². The van der Waals surface area contributed by atoms with E-state index < -0.39 is 12.0 Å². The molecule has 5 heteroatoms. The molecule has 0 saturated heterocycles. The molecule has 0 fully saturated rings. The van der Waals surface area contributed by atoms with Crippen LogP contribution in [0.25, 0.3) is 0 Å². The predicted octanol–water partition coefficient (Wildman–Crippen LogP) is -0.995. The van der Waals surface area contributed by atoms with Crippen LogP contribution in [0, 0.1) is 0 Å². The van der Waals surface area contributed by atoms with Crippen molar-refractivity contribution >= 4 is 17.9 Å². The van der Waals surface area contributed by atoms with Gasteiger partial charge in [-0.1, -0.05) is 11.9 Å². The Balaban J connectivity index is 3.32. The van der Waals surface area contributed by atoms with Crippen LogP contribution in [-0.2, 0) is 4.79 Å². The molecular weight excluding hydrogens is 128 g/mol. The zero-order valence-electron chi connectivity index (χ0n) is 4.20. The van der Waals surface area contributed by atoms with E-state index in [4.69, 9.17) is 16.0 Å². The summed E-state index contributed by atoms with van der Waals surface area (Å²) in [5.41, 5.74) is 5.03. The highest BCUT2D eigenvalue weighted by Crippen LogP contribution is 1.88. The van der Waals surface area contributed by atoms with Crippen molar-refractivity contribution in [1.82, 2.24) is 0 Å². The van der Waals surface area contributed by atoms with Gasteiger partial charge in [-0.3, -0.25) is 9.93 Å². The molecule has 0 aromatic rings. The van der Waals surface area contributed by atoms with Gasteiger partial charge in [0, 0.05) is 5.75 Å². The summed E-state index contributed by atoms with van der Waals surface area (Å²) in [5.74, 6) is -0.752. The van der Waals surface area contributed by atoms with Crippen molar-refractivity contribution in [3.63, 3.8) is 0 Å². The molecule has 0 amide bonds. The highest BCUT2D eigenvalue weighted by Gasteiger charge is 2.08. The lowest BCUT2D eigenvalue weighted by Gasteiger charge is -1.99. The van der Waals surface area contributed by atoms with Gasteiger partial charge in [-0.2, -0.15) is 0 Å². The average molecular weight is 136 g/mol. The third-order valence-corrected chi connectivity index (χ3v) is 1.14. The first-order valence-electron chi connectivity index (χ1n) is 1.98. The second-order valence-electron chi connectivity index (χ2n) is 1.28. The first kappa shape index (κ1) is 7.74. The van der Waals surface area contributed by atoms with Crippen molar-refractivity contribution in [3.8, 4) is 0 Å². The summed E-state index contributed by atoms with van der Waals surface area (Å²) in [4.78, 5) is 9.90. The van der Waals surface area contributed by atoms with E-state index in [2.05, 4.69) is 0 Å². The fraction of sp³-hybridized carbons (Fsp3) is 0.667. The van der Waals surface area contributed by atoms with Crippen LogP contribution in [0.5, 0.6) is 0 Å². The van der Waals surface area contributed by atoms with Gasteiger partial charge >= 0.3 is 5.97 Å². The average Bonchev–Trinajstić information content (AvgIpc) is 1.67. The van der Waals surface area contributed by atoms with E-state index in [1.165, 1.54) is 0 Å². The van der Waals surface area contributed by atoms with Crippen LogP contribution < -0.4 is 10.9 Å². The Bertz CT molecular complexity index is 87.4. The minimum absolute atomic E-state index is 0.259. The summed E-state index contributed by atoms with van der Waals surface area (Å²) in [7, 11) is 0. The molecular formula is C3H8N2O2S. The molecule has 0 bridgehead atoms. The number of rotatable bonds is 3. The van der Waals surface area contributed by atoms with Crippen LogP contribution in [0.2, 0.25) is 0 Å². The van der Waals surface area contributed by atoms with Crippen LogP contribution in [0.3, 0.4) is 0 Å². The Kier molecular flexibility index (Phi) is 3.59. The van der Waals surface area contributed by atoms with Crippen LogP contribution in [0.1, 0.15) is 0 Å². The molecule has 0 saturated carbocycles. The monoisotopic (exact) mass is 136 g/mol. The normalized spacial score (nSPS) is 13.2. The summed E-state index contributed by atoms with van der Waals surface area (Å²) in [5, 5.41) is 13.1. The number of aliphatic carboxylic acids is 1. The van der Waals surface area contributed by atoms with E-state index in [-0.39, 0.29) is 5.75 Å². The molecule has 48 valence electrons. The Morgan fingerprint density at radius 2 is 2.38 bits per heavy atom. The Morgan fingerprint density at radius 1 is 1.88 bits per heavy atom. The minimum Gasteiger partial charge on any atom is -0.480 e. The largest absolute Gasteiger partial charge is 0.480 e. The van der Waals surface area contributed by atoms with Crippen LogP contribution >= 0.6 is 11.9 Å². The molecule has 0 heterocycles. The molecule has 0 radical (unpaired) electrons. The Labute approximate surface area is 51.4 Å². The van der Waals surface area contributed by atoms with Gasteiger partial charge in [0.15, 0.2) is 0 Å².